The van der Waals surface area contributed by atoms with E-state index in [1.807, 2.05) is 0 Å². The topological polar surface area (TPSA) is 321 Å². The zero-order chi connectivity index (χ0) is 60.7. The molecule has 2 aromatic rings. The van der Waals surface area contributed by atoms with Crippen LogP contribution in [0.4, 0.5) is 0 Å². The van der Waals surface area contributed by atoms with E-state index < -0.39 is 152 Å². The van der Waals surface area contributed by atoms with E-state index in [2.05, 4.69) is 6.92 Å². The lowest BCUT2D eigenvalue weighted by molar-refractivity contribution is -0.343. The van der Waals surface area contributed by atoms with Crippen LogP contribution in [0, 0.1) is 0 Å². The number of aliphatic hydroxyl groups excluding tert-OH is 2. The lowest BCUT2D eigenvalue weighted by atomic mass is 9.74. The van der Waals surface area contributed by atoms with E-state index in [0.717, 1.165) is 80.1 Å². The molecular weight excluding hydrogens is 1090 g/mol. The molecule has 6 rings (SSSR count). The van der Waals surface area contributed by atoms with Gasteiger partial charge in [0.2, 0.25) is 0 Å². The van der Waals surface area contributed by atoms with E-state index in [-0.39, 0.29) is 35.3 Å². The summed E-state index contributed by atoms with van der Waals surface area (Å²) in [6.45, 7) is 5.86. The molecule has 2 saturated heterocycles. The SMILES string of the molecule is CCCCCCCCCCCCCCCCOC(O)[C@@](O)(C(O)[C@@H]1O[C@H](COC(C)=O)[C@@H](OC(C)=O)[C@H](OC(C)=O)[C@H]1N1C(=O)c2ccccc2C1=O)[C@@H]1O[C@H](COC(C)=O)[C@@H](OC(C)=O)[C@H](OC(C)=O)[C@H]1N1C(=O)c2ccccc2C1=O. The van der Waals surface area contributed by atoms with Crippen molar-refractivity contribution in [2.45, 2.75) is 217 Å². The number of benzene rings is 2. The molecule has 13 atom stereocenters. The molecule has 0 aromatic heterocycles. The van der Waals surface area contributed by atoms with E-state index in [9.17, 15) is 63.3 Å². The molecule has 24 heteroatoms. The smallest absolute Gasteiger partial charge is 0.303 e. The second kappa shape index (κ2) is 30.2. The number of carbonyl (C=O) groups is 10. The molecule has 0 spiro atoms. The van der Waals surface area contributed by atoms with Crippen LogP contribution in [-0.4, -0.2) is 183 Å². The van der Waals surface area contributed by atoms with Gasteiger partial charge in [0, 0.05) is 48.1 Å². The number of amides is 4. The third-order valence-electron chi connectivity index (χ3n) is 15.1. The summed E-state index contributed by atoms with van der Waals surface area (Å²) >= 11 is 0. The monoisotopic (exact) mass is 1170 g/mol. The Balaban J connectivity index is 1.51. The van der Waals surface area contributed by atoms with Crippen molar-refractivity contribution >= 4 is 59.4 Å². The largest absolute Gasteiger partial charge is 0.463 e. The zero-order valence-electron chi connectivity index (χ0n) is 48.1. The van der Waals surface area contributed by atoms with Crippen LogP contribution >= 0.6 is 0 Å². The van der Waals surface area contributed by atoms with E-state index in [4.69, 9.17) is 42.6 Å². The Kier molecular flexibility index (Phi) is 23.8. The van der Waals surface area contributed by atoms with Crippen LogP contribution in [-0.2, 0) is 71.4 Å². The highest BCUT2D eigenvalue weighted by Gasteiger charge is 2.69. The van der Waals surface area contributed by atoms with Gasteiger partial charge in [-0.2, -0.15) is 0 Å². The highest BCUT2D eigenvalue weighted by atomic mass is 16.7. The minimum atomic E-state index is -3.66. The van der Waals surface area contributed by atoms with Crippen LogP contribution in [0.2, 0.25) is 0 Å². The number of hydrogen-bond acceptors (Lipinski definition) is 22. The zero-order valence-corrected chi connectivity index (χ0v) is 48.1. The molecular formula is C59H78N2O22. The molecule has 2 fully saturated rings. The average molecular weight is 1170 g/mol. The normalized spacial score (nSPS) is 25.4. The van der Waals surface area contributed by atoms with Crippen LogP contribution in [0.25, 0.3) is 0 Å². The molecule has 0 aliphatic carbocycles. The summed E-state index contributed by atoms with van der Waals surface area (Å²) in [5.41, 5.74) is -4.47. The van der Waals surface area contributed by atoms with Crippen molar-refractivity contribution in [1.82, 2.24) is 9.80 Å². The maximum Gasteiger partial charge on any atom is 0.303 e. The number of unbranched alkanes of at least 4 members (excludes halogenated alkanes) is 13. The first kappa shape index (κ1) is 65.5. The van der Waals surface area contributed by atoms with E-state index in [1.54, 1.807) is 0 Å². The van der Waals surface area contributed by atoms with Gasteiger partial charge in [-0.05, 0) is 30.7 Å². The van der Waals surface area contributed by atoms with Crippen LogP contribution in [0.1, 0.15) is 180 Å². The number of aliphatic hydroxyl groups is 3. The van der Waals surface area contributed by atoms with Gasteiger partial charge in [-0.1, -0.05) is 115 Å². The summed E-state index contributed by atoms with van der Waals surface area (Å²) < 4.78 is 52.8. The van der Waals surface area contributed by atoms with Gasteiger partial charge in [0.05, 0.1) is 22.3 Å². The predicted molar refractivity (Wildman–Crippen MR) is 287 cm³/mol. The molecule has 0 bridgehead atoms. The molecule has 2 unspecified atom stereocenters. The number of hydrogen-bond donors (Lipinski definition) is 3. The van der Waals surface area contributed by atoms with E-state index in [1.165, 1.54) is 87.1 Å². The Bertz CT molecular complexity index is 2590. The van der Waals surface area contributed by atoms with Crippen LogP contribution in [0.5, 0.6) is 0 Å². The first-order chi connectivity index (χ1) is 39.5. The molecule has 4 amide bonds. The number of fused-ring (bicyclic) bond motifs is 2. The Hall–Kier alpha value is -6.70. The van der Waals surface area contributed by atoms with Crippen LogP contribution in [0.15, 0.2) is 48.5 Å². The molecule has 0 saturated carbocycles. The van der Waals surface area contributed by atoms with Crippen molar-refractivity contribution < 1.29 is 106 Å². The second-order valence-corrected chi connectivity index (χ2v) is 21.3. The van der Waals surface area contributed by atoms with Gasteiger partial charge in [-0.25, -0.2) is 0 Å². The Morgan fingerprint density at radius 3 is 1.20 bits per heavy atom. The minimum absolute atomic E-state index is 0.194. The summed E-state index contributed by atoms with van der Waals surface area (Å²) in [5, 5.41) is 40.4. The molecule has 456 valence electrons. The van der Waals surface area contributed by atoms with Crippen molar-refractivity contribution in [1.29, 1.82) is 0 Å². The number of imide groups is 2. The average Bonchev–Trinajstić information content (AvgIpc) is 3.77. The number of carbonyl (C=O) groups excluding carboxylic acids is 10. The van der Waals surface area contributed by atoms with Crippen molar-refractivity contribution in [2.75, 3.05) is 19.8 Å². The number of ether oxygens (including phenoxy) is 9. The number of rotatable bonds is 30. The summed E-state index contributed by atoms with van der Waals surface area (Å²) in [5.74, 6) is -10.5. The second-order valence-electron chi connectivity index (χ2n) is 21.3. The van der Waals surface area contributed by atoms with Gasteiger partial charge < -0.3 is 58.0 Å². The van der Waals surface area contributed by atoms with Crippen LogP contribution < -0.4 is 0 Å². The highest BCUT2D eigenvalue weighted by Crippen LogP contribution is 2.45. The molecule has 3 N–H and O–H groups in total. The lowest BCUT2D eigenvalue weighted by Gasteiger charge is -2.56. The first-order valence-corrected chi connectivity index (χ1v) is 28.4. The quantitative estimate of drug-likeness (QED) is 0.0316. The fourth-order valence-corrected chi connectivity index (χ4v) is 11.4. The molecule has 2 aromatic carbocycles. The van der Waals surface area contributed by atoms with Gasteiger partial charge in [-0.15, -0.1) is 0 Å². The standard InChI is InChI=1S/C59H78N2O22/c1-8-9-10-11-12-13-14-15-16-17-18-19-20-25-30-75-58(73)59(74,53-46(61-56(71)41-28-23-24-29-42(41)57(61)72)50(81-38(7)67)48(79-36(5)65)44(83-53)32-77-34(3)63)52(68)51-45(60-54(69)39-26-21-22-27-40(39)55(60)70)49(80-37(6)66)47(78-35(4)64)43(82-51)31-76-33(2)62/h21-24,26-29,43-53,58,68,73-74H,8-20,25,30-32H2,1-7H3/t43-,44-,45-,46-,47-,48-,49-,50-,51-,52?,53-,58?,59-/m1/s1. The summed E-state index contributed by atoms with van der Waals surface area (Å²) in [4.78, 5) is 138. The first-order valence-electron chi connectivity index (χ1n) is 28.4. The Morgan fingerprint density at radius 2 is 0.831 bits per heavy atom. The number of nitrogens with zero attached hydrogens (tertiary/aromatic N) is 2. The fourth-order valence-electron chi connectivity index (χ4n) is 11.4. The molecule has 0 radical (unpaired) electrons. The van der Waals surface area contributed by atoms with Gasteiger partial charge >= 0.3 is 35.8 Å². The molecule has 83 heavy (non-hydrogen) atoms. The van der Waals surface area contributed by atoms with Gasteiger partial charge in [0.25, 0.3) is 23.6 Å². The molecule has 24 nitrogen and oxygen atoms in total. The Labute approximate surface area is 481 Å². The molecule has 4 aliphatic rings. The Morgan fingerprint density at radius 1 is 0.494 bits per heavy atom. The van der Waals surface area contributed by atoms with Gasteiger partial charge in [-0.3, -0.25) is 57.7 Å². The third kappa shape index (κ3) is 15.7. The summed E-state index contributed by atoms with van der Waals surface area (Å²) in [6.07, 6.45) is -8.45. The van der Waals surface area contributed by atoms with E-state index >= 15 is 0 Å². The third-order valence-corrected chi connectivity index (χ3v) is 15.1. The van der Waals surface area contributed by atoms with E-state index in [0.29, 0.717) is 16.2 Å². The maximum atomic E-state index is 14.8. The summed E-state index contributed by atoms with van der Waals surface area (Å²) in [7, 11) is 0. The fraction of sp³-hybridized carbons (Fsp3) is 0.627. The van der Waals surface area contributed by atoms with Gasteiger partial charge in [0.1, 0.15) is 55.8 Å². The van der Waals surface area contributed by atoms with Crippen molar-refractivity contribution in [3.8, 4) is 0 Å². The lowest BCUT2D eigenvalue weighted by Crippen LogP contribution is -2.79. The van der Waals surface area contributed by atoms with Crippen LogP contribution in [0.3, 0.4) is 0 Å². The molecule has 4 heterocycles. The molecule has 4 aliphatic heterocycles. The maximum absolute atomic E-state index is 14.8. The minimum Gasteiger partial charge on any atom is -0.463 e. The number of esters is 6. The van der Waals surface area contributed by atoms with Crippen molar-refractivity contribution in [2.24, 2.45) is 0 Å². The van der Waals surface area contributed by atoms with Crippen molar-refractivity contribution in [3.05, 3.63) is 70.8 Å². The van der Waals surface area contributed by atoms with Crippen molar-refractivity contribution in [3.63, 3.8) is 0 Å². The van der Waals surface area contributed by atoms with Gasteiger partial charge in [0.15, 0.2) is 36.3 Å². The summed E-state index contributed by atoms with van der Waals surface area (Å²) in [6, 6.07) is 6.43. The predicted octanol–water partition coefficient (Wildman–Crippen LogP) is 4.61. The highest BCUT2D eigenvalue weighted by molar-refractivity contribution is 6.22.